The van der Waals surface area contributed by atoms with Crippen molar-refractivity contribution in [1.82, 2.24) is 4.90 Å². The van der Waals surface area contributed by atoms with Crippen LogP contribution in [-0.4, -0.2) is 47.4 Å². The van der Waals surface area contributed by atoms with E-state index in [4.69, 9.17) is 14.0 Å². The Morgan fingerprint density at radius 1 is 1.19 bits per heavy atom. The van der Waals surface area contributed by atoms with E-state index in [0.717, 1.165) is 12.8 Å². The SMILES string of the molecule is CC(C)(C)OC(=O)N1CCC[C@H]1B1OC(C)(C)C(C)(C)O1. The third kappa shape index (κ3) is 3.37. The molecule has 2 saturated heterocycles. The maximum Gasteiger partial charge on any atom is 0.482 e. The van der Waals surface area contributed by atoms with Gasteiger partial charge in [0, 0.05) is 6.54 Å². The molecule has 21 heavy (non-hydrogen) atoms. The topological polar surface area (TPSA) is 48.0 Å². The summed E-state index contributed by atoms with van der Waals surface area (Å²) in [6.07, 6.45) is 1.56. The number of ether oxygens (including phenoxy) is 1. The fraction of sp³-hybridized carbons (Fsp3) is 0.933. The van der Waals surface area contributed by atoms with E-state index in [1.165, 1.54) is 0 Å². The number of likely N-dealkylation sites (tertiary alicyclic amines) is 1. The van der Waals surface area contributed by atoms with Gasteiger partial charge in [-0.25, -0.2) is 4.79 Å². The van der Waals surface area contributed by atoms with E-state index in [1.54, 1.807) is 4.90 Å². The molecular formula is C15H28BNO4. The molecule has 0 aliphatic carbocycles. The van der Waals surface area contributed by atoms with Crippen molar-refractivity contribution >= 4 is 13.2 Å². The Bertz CT molecular complexity index is 400. The van der Waals surface area contributed by atoms with Crippen molar-refractivity contribution in [2.75, 3.05) is 6.54 Å². The first-order valence-corrected chi connectivity index (χ1v) is 7.78. The van der Waals surface area contributed by atoms with E-state index in [2.05, 4.69) is 0 Å². The van der Waals surface area contributed by atoms with Crippen molar-refractivity contribution in [3.63, 3.8) is 0 Å². The van der Waals surface area contributed by atoms with Gasteiger partial charge in [0.1, 0.15) is 5.60 Å². The van der Waals surface area contributed by atoms with Crippen LogP contribution in [0.15, 0.2) is 0 Å². The van der Waals surface area contributed by atoms with Gasteiger partial charge in [0.2, 0.25) is 0 Å². The van der Waals surface area contributed by atoms with Crippen LogP contribution < -0.4 is 0 Å². The summed E-state index contributed by atoms with van der Waals surface area (Å²) in [6.45, 7) is 14.4. The molecule has 0 aromatic carbocycles. The quantitative estimate of drug-likeness (QED) is 0.698. The number of hydrogen-bond donors (Lipinski definition) is 0. The average Bonchev–Trinajstić information content (AvgIpc) is 2.79. The number of carbonyl (C=O) groups is 1. The zero-order valence-electron chi connectivity index (χ0n) is 14.4. The van der Waals surface area contributed by atoms with Crippen molar-refractivity contribution in [2.24, 2.45) is 0 Å². The Morgan fingerprint density at radius 3 is 2.19 bits per heavy atom. The summed E-state index contributed by atoms with van der Waals surface area (Å²) in [5.41, 5.74) is -1.24. The lowest BCUT2D eigenvalue weighted by atomic mass is 9.77. The summed E-state index contributed by atoms with van der Waals surface area (Å²) < 4.78 is 17.7. The minimum absolute atomic E-state index is 0.0686. The van der Waals surface area contributed by atoms with Gasteiger partial charge in [0.05, 0.1) is 17.1 Å². The predicted molar refractivity (Wildman–Crippen MR) is 82.0 cm³/mol. The van der Waals surface area contributed by atoms with Gasteiger partial charge in [-0.15, -0.1) is 0 Å². The molecule has 2 fully saturated rings. The van der Waals surface area contributed by atoms with Crippen molar-refractivity contribution in [1.29, 1.82) is 0 Å². The first-order chi connectivity index (χ1) is 9.43. The van der Waals surface area contributed by atoms with Crippen molar-refractivity contribution in [3.05, 3.63) is 0 Å². The molecule has 0 aromatic rings. The summed E-state index contributed by atoms with van der Waals surface area (Å²) in [6, 6.07) is 0. The highest BCUT2D eigenvalue weighted by atomic mass is 16.7. The Labute approximate surface area is 128 Å². The molecule has 1 amide bonds. The van der Waals surface area contributed by atoms with E-state index in [-0.39, 0.29) is 30.4 Å². The highest BCUT2D eigenvalue weighted by Crippen LogP contribution is 2.40. The molecule has 0 N–H and O–H groups in total. The molecule has 0 unspecified atom stereocenters. The van der Waals surface area contributed by atoms with E-state index < -0.39 is 5.60 Å². The number of rotatable bonds is 1. The van der Waals surface area contributed by atoms with Gasteiger partial charge in [-0.05, 0) is 61.3 Å². The van der Waals surface area contributed by atoms with Crippen LogP contribution in [0.1, 0.15) is 61.3 Å². The molecule has 0 bridgehead atoms. The molecular weight excluding hydrogens is 269 g/mol. The second kappa shape index (κ2) is 5.16. The van der Waals surface area contributed by atoms with Crippen LogP contribution in [0, 0.1) is 0 Å². The third-order valence-corrected chi connectivity index (χ3v) is 4.51. The first kappa shape index (κ1) is 16.6. The Balaban J connectivity index is 2.08. The highest BCUT2D eigenvalue weighted by molar-refractivity contribution is 6.48. The zero-order chi connectivity index (χ0) is 16.1. The van der Waals surface area contributed by atoms with E-state index in [1.807, 2.05) is 48.5 Å². The van der Waals surface area contributed by atoms with Crippen LogP contribution in [0.2, 0.25) is 0 Å². The Kier molecular flexibility index (Phi) is 4.09. The third-order valence-electron chi connectivity index (χ3n) is 4.51. The van der Waals surface area contributed by atoms with Gasteiger partial charge >= 0.3 is 13.2 Å². The van der Waals surface area contributed by atoms with Crippen LogP contribution >= 0.6 is 0 Å². The molecule has 2 rings (SSSR count). The van der Waals surface area contributed by atoms with Gasteiger partial charge in [0.25, 0.3) is 0 Å². The molecule has 6 heteroatoms. The molecule has 0 radical (unpaired) electrons. The van der Waals surface area contributed by atoms with E-state index in [9.17, 15) is 4.79 Å². The van der Waals surface area contributed by atoms with Crippen LogP contribution in [0.25, 0.3) is 0 Å². The molecule has 120 valence electrons. The summed E-state index contributed by atoms with van der Waals surface area (Å²) in [5, 5.41) is 0. The second-order valence-electron chi connectivity index (χ2n) is 8.01. The maximum atomic E-state index is 12.3. The van der Waals surface area contributed by atoms with Crippen LogP contribution in [0.5, 0.6) is 0 Å². The molecule has 5 nitrogen and oxygen atoms in total. The molecule has 0 spiro atoms. The number of carbonyl (C=O) groups excluding carboxylic acids is 1. The lowest BCUT2D eigenvalue weighted by Crippen LogP contribution is -2.48. The predicted octanol–water partition coefficient (Wildman–Crippen LogP) is 3.02. The van der Waals surface area contributed by atoms with Gasteiger partial charge in [-0.3, -0.25) is 0 Å². The fourth-order valence-electron chi connectivity index (χ4n) is 2.67. The monoisotopic (exact) mass is 297 g/mol. The normalized spacial score (nSPS) is 28.0. The van der Waals surface area contributed by atoms with Crippen molar-refractivity contribution in [2.45, 2.75) is 84.1 Å². The van der Waals surface area contributed by atoms with E-state index >= 15 is 0 Å². The largest absolute Gasteiger partial charge is 0.482 e. The lowest BCUT2D eigenvalue weighted by molar-refractivity contribution is 0.00578. The number of amides is 1. The summed E-state index contributed by atoms with van der Waals surface area (Å²) in [5.74, 6) is -0.0686. The Hall–Kier alpha value is -0.745. The summed E-state index contributed by atoms with van der Waals surface area (Å²) >= 11 is 0. The van der Waals surface area contributed by atoms with Crippen molar-refractivity contribution in [3.8, 4) is 0 Å². The first-order valence-electron chi connectivity index (χ1n) is 7.78. The molecule has 2 aliphatic rings. The minimum atomic E-state index is -0.486. The van der Waals surface area contributed by atoms with Crippen LogP contribution in [0.3, 0.4) is 0 Å². The van der Waals surface area contributed by atoms with Gasteiger partial charge < -0.3 is 18.9 Å². The smallest absolute Gasteiger partial charge is 0.444 e. The zero-order valence-corrected chi connectivity index (χ0v) is 14.4. The maximum absolute atomic E-state index is 12.3. The standard InChI is InChI=1S/C15H28BNO4/c1-13(2,3)19-12(18)17-10-8-9-11(17)16-20-14(4,5)15(6,7)21-16/h11H,8-10H2,1-7H3/t11-/m0/s1. The number of hydrogen-bond acceptors (Lipinski definition) is 4. The summed E-state index contributed by atoms with van der Waals surface area (Å²) in [4.78, 5) is 14.1. The van der Waals surface area contributed by atoms with Crippen LogP contribution in [-0.2, 0) is 14.0 Å². The molecule has 1 atom stereocenters. The molecule has 2 heterocycles. The number of nitrogens with zero attached hydrogens (tertiary/aromatic N) is 1. The lowest BCUT2D eigenvalue weighted by Gasteiger charge is -2.32. The van der Waals surface area contributed by atoms with E-state index in [0.29, 0.717) is 6.54 Å². The summed E-state index contributed by atoms with van der Waals surface area (Å²) in [7, 11) is -0.384. The van der Waals surface area contributed by atoms with Gasteiger partial charge in [-0.2, -0.15) is 0 Å². The molecule has 0 saturated carbocycles. The second-order valence-corrected chi connectivity index (χ2v) is 8.01. The highest BCUT2D eigenvalue weighted by Gasteiger charge is 2.56. The molecule has 0 aromatic heterocycles. The van der Waals surface area contributed by atoms with Gasteiger partial charge in [-0.1, -0.05) is 0 Å². The van der Waals surface area contributed by atoms with Gasteiger partial charge in [0.15, 0.2) is 0 Å². The molecule has 2 aliphatic heterocycles. The average molecular weight is 297 g/mol. The Morgan fingerprint density at radius 2 is 1.71 bits per heavy atom. The van der Waals surface area contributed by atoms with Crippen LogP contribution in [0.4, 0.5) is 4.79 Å². The minimum Gasteiger partial charge on any atom is -0.444 e. The van der Waals surface area contributed by atoms with Crippen molar-refractivity contribution < 1.29 is 18.8 Å². The fourth-order valence-corrected chi connectivity index (χ4v) is 2.67.